The molecule has 2 aromatic rings. The molecule has 0 radical (unpaired) electrons. The summed E-state index contributed by atoms with van der Waals surface area (Å²) in [7, 11) is 2.37. The number of carboxylic acids is 1. The van der Waals surface area contributed by atoms with Gasteiger partial charge in [0.25, 0.3) is 0 Å². The van der Waals surface area contributed by atoms with Crippen LogP contribution < -0.4 is 20.5 Å². The van der Waals surface area contributed by atoms with Gasteiger partial charge in [0, 0.05) is 11.6 Å². The molecule has 0 unspecified atom stereocenters. The fourth-order valence-electron chi connectivity index (χ4n) is 2.65. The molecule has 0 atom stereocenters. The lowest BCUT2D eigenvalue weighted by Crippen LogP contribution is -2.22. The van der Waals surface area contributed by atoms with Crippen molar-refractivity contribution in [3.05, 3.63) is 41.5 Å². The Bertz CT molecular complexity index is 897. The van der Waals surface area contributed by atoms with E-state index in [1.54, 1.807) is 0 Å². The lowest BCUT2D eigenvalue weighted by molar-refractivity contribution is -0.137. The predicted octanol–water partition coefficient (Wildman–Crippen LogP) is 3.58. The standard InChI is InChI=1S/C17H15F3N2O5/c1-26-11-7-10(22-16(21)25)13(15(23)24)12(14(11)27-2)8-5-3-4-6-9(8)17(18,19)20/h3-7H,1-2H3,(H,23,24)(H3,21,22,25). The summed E-state index contributed by atoms with van der Waals surface area (Å²) in [4.78, 5) is 23.1. The highest BCUT2D eigenvalue weighted by Gasteiger charge is 2.36. The van der Waals surface area contributed by atoms with Crippen LogP contribution >= 0.6 is 0 Å². The number of anilines is 1. The van der Waals surface area contributed by atoms with Gasteiger partial charge in [-0.1, -0.05) is 18.2 Å². The Balaban J connectivity index is 3.02. The zero-order valence-electron chi connectivity index (χ0n) is 14.2. The Kier molecular flexibility index (Phi) is 5.48. The first-order chi connectivity index (χ1) is 12.6. The molecule has 0 bridgehead atoms. The summed E-state index contributed by atoms with van der Waals surface area (Å²) in [6, 6.07) is 4.40. The fourth-order valence-corrected chi connectivity index (χ4v) is 2.65. The predicted molar refractivity (Wildman–Crippen MR) is 90.1 cm³/mol. The highest BCUT2D eigenvalue weighted by molar-refractivity contribution is 6.07. The number of rotatable bonds is 5. The van der Waals surface area contributed by atoms with Crippen molar-refractivity contribution in [1.29, 1.82) is 0 Å². The molecule has 0 aliphatic carbocycles. The first kappa shape index (κ1) is 19.9. The van der Waals surface area contributed by atoms with Crippen molar-refractivity contribution in [2.75, 3.05) is 19.5 Å². The average Bonchev–Trinajstić information content (AvgIpc) is 2.58. The number of alkyl halides is 3. The maximum absolute atomic E-state index is 13.5. The van der Waals surface area contributed by atoms with Crippen LogP contribution in [0.15, 0.2) is 30.3 Å². The maximum atomic E-state index is 13.5. The van der Waals surface area contributed by atoms with Crippen LogP contribution in [0.25, 0.3) is 11.1 Å². The Morgan fingerprint density at radius 3 is 2.26 bits per heavy atom. The van der Waals surface area contributed by atoms with Crippen LogP contribution in [0.3, 0.4) is 0 Å². The number of primary amides is 1. The van der Waals surface area contributed by atoms with Crippen LogP contribution in [0.4, 0.5) is 23.7 Å². The third-order valence-electron chi connectivity index (χ3n) is 3.64. The van der Waals surface area contributed by atoms with Gasteiger partial charge < -0.3 is 25.6 Å². The minimum absolute atomic E-state index is 0.0850. The molecule has 2 rings (SSSR count). The summed E-state index contributed by atoms with van der Waals surface area (Å²) < 4.78 is 50.7. The fraction of sp³-hybridized carbons (Fsp3) is 0.176. The van der Waals surface area contributed by atoms with Crippen molar-refractivity contribution in [1.82, 2.24) is 0 Å². The average molecular weight is 384 g/mol. The van der Waals surface area contributed by atoms with E-state index in [0.717, 1.165) is 25.3 Å². The molecular weight excluding hydrogens is 369 g/mol. The number of aromatic carboxylic acids is 1. The number of carboxylic acid groups (broad SMARTS) is 1. The molecule has 2 aromatic carbocycles. The van der Waals surface area contributed by atoms with Crippen LogP contribution in [0, 0.1) is 0 Å². The van der Waals surface area contributed by atoms with E-state index in [1.165, 1.54) is 19.2 Å². The quantitative estimate of drug-likeness (QED) is 0.730. The van der Waals surface area contributed by atoms with Crippen molar-refractivity contribution in [2.24, 2.45) is 5.73 Å². The van der Waals surface area contributed by atoms with E-state index in [0.29, 0.717) is 0 Å². The number of nitrogens with one attached hydrogen (secondary N) is 1. The first-order valence-corrected chi connectivity index (χ1v) is 7.37. The molecule has 7 nitrogen and oxygen atoms in total. The molecule has 10 heteroatoms. The highest BCUT2D eigenvalue weighted by Crippen LogP contribution is 2.48. The second-order valence-corrected chi connectivity index (χ2v) is 5.25. The Labute approximate surface area is 151 Å². The van der Waals surface area contributed by atoms with Crippen molar-refractivity contribution >= 4 is 17.7 Å². The second kappa shape index (κ2) is 7.44. The van der Waals surface area contributed by atoms with Crippen molar-refractivity contribution in [3.63, 3.8) is 0 Å². The largest absolute Gasteiger partial charge is 0.493 e. The molecule has 0 aliphatic heterocycles. The summed E-state index contributed by atoms with van der Waals surface area (Å²) >= 11 is 0. The molecule has 4 N–H and O–H groups in total. The van der Waals surface area contributed by atoms with E-state index < -0.39 is 40.4 Å². The minimum Gasteiger partial charge on any atom is -0.493 e. The Hall–Kier alpha value is -3.43. The zero-order chi connectivity index (χ0) is 20.4. The molecule has 0 fully saturated rings. The normalized spacial score (nSPS) is 11.0. The Morgan fingerprint density at radius 1 is 1.15 bits per heavy atom. The molecule has 0 heterocycles. The van der Waals surface area contributed by atoms with Gasteiger partial charge in [0.15, 0.2) is 11.5 Å². The SMILES string of the molecule is COc1cc(NC(N)=O)c(C(=O)O)c(-c2ccccc2C(F)(F)F)c1OC. The number of methoxy groups -OCH3 is 2. The van der Waals surface area contributed by atoms with E-state index >= 15 is 0 Å². The molecule has 144 valence electrons. The van der Waals surface area contributed by atoms with E-state index in [4.69, 9.17) is 15.2 Å². The van der Waals surface area contributed by atoms with Crippen molar-refractivity contribution in [3.8, 4) is 22.6 Å². The monoisotopic (exact) mass is 384 g/mol. The second-order valence-electron chi connectivity index (χ2n) is 5.25. The smallest absolute Gasteiger partial charge is 0.417 e. The van der Waals surface area contributed by atoms with Crippen LogP contribution in [-0.4, -0.2) is 31.3 Å². The molecular formula is C17H15F3N2O5. The lowest BCUT2D eigenvalue weighted by atomic mass is 9.92. The summed E-state index contributed by atoms with van der Waals surface area (Å²) in [5.74, 6) is -1.91. The van der Waals surface area contributed by atoms with Gasteiger partial charge in [-0.2, -0.15) is 13.2 Å². The number of urea groups is 1. The van der Waals surface area contributed by atoms with Gasteiger partial charge >= 0.3 is 18.2 Å². The van der Waals surface area contributed by atoms with Gasteiger partial charge in [-0.3, -0.25) is 0 Å². The van der Waals surface area contributed by atoms with Gasteiger partial charge in [-0.25, -0.2) is 9.59 Å². The number of ether oxygens (including phenoxy) is 2. The van der Waals surface area contributed by atoms with Gasteiger partial charge in [-0.05, 0) is 11.6 Å². The van der Waals surface area contributed by atoms with Crippen molar-refractivity contribution in [2.45, 2.75) is 6.18 Å². The molecule has 0 aromatic heterocycles. The van der Waals surface area contributed by atoms with Crippen LogP contribution in [0.5, 0.6) is 11.5 Å². The summed E-state index contributed by atoms with van der Waals surface area (Å²) in [6.45, 7) is 0. The molecule has 27 heavy (non-hydrogen) atoms. The molecule has 0 aliphatic rings. The highest BCUT2D eigenvalue weighted by atomic mass is 19.4. The van der Waals surface area contributed by atoms with E-state index in [2.05, 4.69) is 5.32 Å². The number of nitrogens with two attached hydrogens (primary N) is 1. The van der Waals surface area contributed by atoms with Gasteiger partial charge in [0.05, 0.1) is 31.0 Å². The third kappa shape index (κ3) is 3.89. The van der Waals surface area contributed by atoms with Gasteiger partial charge in [0.1, 0.15) is 0 Å². The molecule has 0 saturated heterocycles. The number of hydrogen-bond donors (Lipinski definition) is 3. The summed E-state index contributed by atoms with van der Waals surface area (Å²) in [5, 5.41) is 11.7. The lowest BCUT2D eigenvalue weighted by Gasteiger charge is -2.21. The Morgan fingerprint density at radius 2 is 1.78 bits per heavy atom. The third-order valence-corrected chi connectivity index (χ3v) is 3.64. The topological polar surface area (TPSA) is 111 Å². The van der Waals surface area contributed by atoms with Crippen LogP contribution in [0.1, 0.15) is 15.9 Å². The van der Waals surface area contributed by atoms with Gasteiger partial charge in [0.2, 0.25) is 0 Å². The summed E-state index contributed by atoms with van der Waals surface area (Å²) in [6.07, 6.45) is -4.77. The van der Waals surface area contributed by atoms with E-state index in [-0.39, 0.29) is 17.2 Å². The van der Waals surface area contributed by atoms with E-state index in [9.17, 15) is 27.9 Å². The molecule has 2 amide bonds. The maximum Gasteiger partial charge on any atom is 0.417 e. The van der Waals surface area contributed by atoms with E-state index in [1.807, 2.05) is 0 Å². The minimum atomic E-state index is -4.77. The van der Waals surface area contributed by atoms with Gasteiger partial charge in [-0.15, -0.1) is 0 Å². The number of halogens is 3. The number of benzene rings is 2. The summed E-state index contributed by atoms with van der Waals surface area (Å²) in [5.41, 5.74) is 2.16. The first-order valence-electron chi connectivity index (χ1n) is 7.37. The van der Waals surface area contributed by atoms with Crippen molar-refractivity contribution < 1.29 is 37.3 Å². The number of carbonyl (C=O) groups is 2. The van der Waals surface area contributed by atoms with Crippen LogP contribution in [-0.2, 0) is 6.18 Å². The number of hydrogen-bond acceptors (Lipinski definition) is 4. The van der Waals surface area contributed by atoms with Crippen LogP contribution in [0.2, 0.25) is 0 Å². The molecule has 0 spiro atoms. The number of amides is 2. The molecule has 0 saturated carbocycles. The zero-order valence-corrected chi connectivity index (χ0v) is 14.2. The number of carbonyl (C=O) groups excluding carboxylic acids is 1.